The van der Waals surface area contributed by atoms with Crippen molar-refractivity contribution in [3.63, 3.8) is 0 Å². The summed E-state index contributed by atoms with van der Waals surface area (Å²) in [5.74, 6) is 0.167. The van der Waals surface area contributed by atoms with E-state index >= 15 is 0 Å². The molecule has 1 aliphatic heterocycles. The van der Waals surface area contributed by atoms with Crippen molar-refractivity contribution in [3.8, 4) is 0 Å². The van der Waals surface area contributed by atoms with Crippen LogP contribution in [-0.2, 0) is 22.6 Å². The Labute approximate surface area is 144 Å². The molecular weight excluding hydrogens is 300 g/mol. The van der Waals surface area contributed by atoms with Crippen molar-refractivity contribution in [3.05, 3.63) is 35.4 Å². The van der Waals surface area contributed by atoms with Gasteiger partial charge >= 0.3 is 0 Å². The lowest BCUT2D eigenvalue weighted by Crippen LogP contribution is -2.49. The summed E-state index contributed by atoms with van der Waals surface area (Å²) in [6.07, 6.45) is 7.90. The monoisotopic (exact) mass is 328 g/mol. The van der Waals surface area contributed by atoms with Gasteiger partial charge in [0.2, 0.25) is 11.8 Å². The van der Waals surface area contributed by atoms with Gasteiger partial charge in [-0.2, -0.15) is 0 Å². The lowest BCUT2D eigenvalue weighted by atomic mass is 9.93. The highest BCUT2D eigenvalue weighted by Gasteiger charge is 2.40. The second-order valence-electron chi connectivity index (χ2n) is 7.04. The summed E-state index contributed by atoms with van der Waals surface area (Å²) in [6, 6.07) is 8.35. The van der Waals surface area contributed by atoms with E-state index in [9.17, 15) is 9.59 Å². The topological polar surface area (TPSA) is 49.4 Å². The molecule has 1 aromatic carbocycles. The summed E-state index contributed by atoms with van der Waals surface area (Å²) in [5, 5.41) is 3.04. The minimum atomic E-state index is -0.268. The molecule has 1 N–H and O–H groups in total. The third-order valence-electron chi connectivity index (χ3n) is 5.42. The van der Waals surface area contributed by atoms with Crippen LogP contribution in [0.1, 0.15) is 63.0 Å². The molecular formula is C20H28N2O2. The van der Waals surface area contributed by atoms with Crippen molar-refractivity contribution >= 4 is 11.8 Å². The molecule has 4 heteroatoms. The molecule has 0 bridgehead atoms. The molecule has 2 amide bonds. The van der Waals surface area contributed by atoms with Gasteiger partial charge in [-0.3, -0.25) is 9.59 Å². The number of amides is 2. The highest BCUT2D eigenvalue weighted by atomic mass is 16.2. The largest absolute Gasteiger partial charge is 0.350 e. The van der Waals surface area contributed by atoms with Gasteiger partial charge in [0, 0.05) is 19.0 Å². The Hall–Kier alpha value is -1.84. The normalized spacial score (nSPS) is 22.0. The van der Waals surface area contributed by atoms with E-state index in [2.05, 4.69) is 36.5 Å². The number of hydrogen-bond acceptors (Lipinski definition) is 2. The number of carbonyl (C=O) groups excluding carboxylic acids is 2. The van der Waals surface area contributed by atoms with E-state index in [4.69, 9.17) is 0 Å². The van der Waals surface area contributed by atoms with Crippen molar-refractivity contribution in [1.82, 2.24) is 10.2 Å². The van der Waals surface area contributed by atoms with Gasteiger partial charge in [-0.25, -0.2) is 0 Å². The first-order valence-electron chi connectivity index (χ1n) is 9.35. The van der Waals surface area contributed by atoms with Gasteiger partial charge in [-0.15, -0.1) is 0 Å². The summed E-state index contributed by atoms with van der Waals surface area (Å²) in [4.78, 5) is 26.8. The standard InChI is InChI=1S/C20H28N2O2/c1-2-15-8-10-16(11-9-15)14-21-20(24)18-12-13-19(23)22(18)17-6-4-3-5-7-17/h8-11,17-18H,2-7,12-14H2,1H3,(H,21,24). The average molecular weight is 328 g/mol. The van der Waals surface area contributed by atoms with Crippen molar-refractivity contribution in [1.29, 1.82) is 0 Å². The van der Waals surface area contributed by atoms with Crippen LogP contribution in [0.25, 0.3) is 0 Å². The van der Waals surface area contributed by atoms with Crippen molar-refractivity contribution in [2.24, 2.45) is 0 Å². The van der Waals surface area contributed by atoms with Crippen LogP contribution in [0.5, 0.6) is 0 Å². The van der Waals surface area contributed by atoms with Crippen LogP contribution in [0.4, 0.5) is 0 Å². The van der Waals surface area contributed by atoms with Gasteiger partial charge < -0.3 is 10.2 Å². The third kappa shape index (κ3) is 3.80. The highest BCUT2D eigenvalue weighted by Crippen LogP contribution is 2.30. The zero-order chi connectivity index (χ0) is 16.9. The van der Waals surface area contributed by atoms with Gasteiger partial charge in [0.25, 0.3) is 0 Å². The molecule has 1 saturated carbocycles. The van der Waals surface area contributed by atoms with E-state index in [1.807, 2.05) is 4.90 Å². The second kappa shape index (κ2) is 7.82. The van der Waals surface area contributed by atoms with E-state index in [0.717, 1.165) is 24.8 Å². The summed E-state index contributed by atoms with van der Waals surface area (Å²) < 4.78 is 0. The Morgan fingerprint density at radius 1 is 1.08 bits per heavy atom. The van der Waals surface area contributed by atoms with E-state index in [-0.39, 0.29) is 23.9 Å². The van der Waals surface area contributed by atoms with E-state index in [1.54, 1.807) is 0 Å². The molecule has 2 fully saturated rings. The SMILES string of the molecule is CCc1ccc(CNC(=O)C2CCC(=O)N2C2CCCCC2)cc1. The maximum absolute atomic E-state index is 12.6. The van der Waals surface area contributed by atoms with Crippen molar-refractivity contribution < 1.29 is 9.59 Å². The van der Waals surface area contributed by atoms with Gasteiger partial charge in [0.1, 0.15) is 6.04 Å². The minimum Gasteiger partial charge on any atom is -0.350 e. The lowest BCUT2D eigenvalue weighted by molar-refractivity contribution is -0.138. The van der Waals surface area contributed by atoms with E-state index in [0.29, 0.717) is 19.4 Å². The summed E-state index contributed by atoms with van der Waals surface area (Å²) >= 11 is 0. The molecule has 1 aliphatic carbocycles. The Morgan fingerprint density at radius 2 is 1.75 bits per heavy atom. The molecule has 1 saturated heterocycles. The number of nitrogens with one attached hydrogen (secondary N) is 1. The second-order valence-corrected chi connectivity index (χ2v) is 7.04. The van der Waals surface area contributed by atoms with Crippen LogP contribution in [0.3, 0.4) is 0 Å². The van der Waals surface area contributed by atoms with Gasteiger partial charge in [0.05, 0.1) is 0 Å². The summed E-state index contributed by atoms with van der Waals surface area (Å²) in [6.45, 7) is 2.67. The van der Waals surface area contributed by atoms with E-state index in [1.165, 1.54) is 24.8 Å². The first-order chi connectivity index (χ1) is 11.7. The minimum absolute atomic E-state index is 0.00555. The molecule has 130 valence electrons. The number of aryl methyl sites for hydroxylation is 1. The predicted molar refractivity (Wildman–Crippen MR) is 94.4 cm³/mol. The quantitative estimate of drug-likeness (QED) is 0.902. The Balaban J connectivity index is 1.59. The van der Waals surface area contributed by atoms with Crippen LogP contribution >= 0.6 is 0 Å². The first-order valence-corrected chi connectivity index (χ1v) is 9.35. The smallest absolute Gasteiger partial charge is 0.243 e. The third-order valence-corrected chi connectivity index (χ3v) is 5.42. The maximum Gasteiger partial charge on any atom is 0.243 e. The Bertz CT molecular complexity index is 576. The Morgan fingerprint density at radius 3 is 2.42 bits per heavy atom. The molecule has 1 aromatic rings. The molecule has 2 aliphatic rings. The van der Waals surface area contributed by atoms with Crippen molar-refractivity contribution in [2.75, 3.05) is 0 Å². The number of hydrogen-bond donors (Lipinski definition) is 1. The molecule has 3 rings (SSSR count). The number of carbonyl (C=O) groups is 2. The fraction of sp³-hybridized carbons (Fsp3) is 0.600. The molecule has 1 heterocycles. The molecule has 0 spiro atoms. The van der Waals surface area contributed by atoms with Crippen LogP contribution in [-0.4, -0.2) is 28.8 Å². The highest BCUT2D eigenvalue weighted by molar-refractivity contribution is 5.91. The van der Waals surface area contributed by atoms with E-state index < -0.39 is 0 Å². The summed E-state index contributed by atoms with van der Waals surface area (Å²) in [5.41, 5.74) is 2.41. The zero-order valence-electron chi connectivity index (χ0n) is 14.6. The molecule has 4 nitrogen and oxygen atoms in total. The maximum atomic E-state index is 12.6. The van der Waals surface area contributed by atoms with Gasteiger partial charge in [-0.05, 0) is 36.8 Å². The van der Waals surface area contributed by atoms with Crippen LogP contribution < -0.4 is 5.32 Å². The van der Waals surface area contributed by atoms with Crippen molar-refractivity contribution in [2.45, 2.75) is 76.9 Å². The zero-order valence-corrected chi connectivity index (χ0v) is 14.6. The fourth-order valence-electron chi connectivity index (χ4n) is 3.98. The number of likely N-dealkylation sites (tertiary alicyclic amines) is 1. The van der Waals surface area contributed by atoms with Gasteiger partial charge in [-0.1, -0.05) is 50.5 Å². The van der Waals surface area contributed by atoms with Crippen LogP contribution in [0.2, 0.25) is 0 Å². The molecule has 0 radical (unpaired) electrons. The fourth-order valence-corrected chi connectivity index (χ4v) is 3.98. The predicted octanol–water partition coefficient (Wildman–Crippen LogP) is 3.19. The molecule has 24 heavy (non-hydrogen) atoms. The van der Waals surface area contributed by atoms with Crippen LogP contribution in [0, 0.1) is 0 Å². The first kappa shape index (κ1) is 17.0. The lowest BCUT2D eigenvalue weighted by Gasteiger charge is -2.35. The van der Waals surface area contributed by atoms with Crippen LogP contribution in [0.15, 0.2) is 24.3 Å². The molecule has 1 atom stereocenters. The molecule has 0 aromatic heterocycles. The number of rotatable bonds is 5. The average Bonchev–Trinajstić information content (AvgIpc) is 3.02. The summed E-state index contributed by atoms with van der Waals surface area (Å²) in [7, 11) is 0. The molecule has 1 unspecified atom stereocenters. The number of benzene rings is 1. The number of nitrogens with zero attached hydrogens (tertiary/aromatic N) is 1. The Kier molecular flexibility index (Phi) is 5.54. The van der Waals surface area contributed by atoms with Gasteiger partial charge in [0.15, 0.2) is 0 Å².